The average molecular weight is 231 g/mol. The molecule has 1 aromatic rings. The van der Waals surface area contributed by atoms with Crippen LogP contribution in [-0.4, -0.2) is 35.1 Å². The molecule has 1 aliphatic rings. The summed E-state index contributed by atoms with van der Waals surface area (Å²) < 4.78 is 0. The molecule has 5 nitrogen and oxygen atoms in total. The molecule has 0 spiro atoms. The minimum atomic E-state index is 0.411. The first-order valence-electron chi connectivity index (χ1n) is 5.85. The maximum Gasteiger partial charge on any atom is 0.226 e. The van der Waals surface area contributed by atoms with Gasteiger partial charge in [-0.05, 0) is 26.8 Å². The molecule has 1 N–H and O–H groups in total. The van der Waals surface area contributed by atoms with Crippen LogP contribution >= 0.6 is 0 Å². The number of nitrogens with zero attached hydrogens (tertiary/aromatic N) is 4. The summed E-state index contributed by atoms with van der Waals surface area (Å²) in [5.74, 6) is 0.668. The lowest BCUT2D eigenvalue weighted by molar-refractivity contribution is 0.403. The highest BCUT2D eigenvalue weighted by Gasteiger charge is 2.23. The quantitative estimate of drug-likeness (QED) is 0.776. The number of nitrogens with one attached hydrogen (secondary N) is 1. The van der Waals surface area contributed by atoms with E-state index in [9.17, 15) is 0 Å². The Kier molecular flexibility index (Phi) is 3.25. The summed E-state index contributed by atoms with van der Waals surface area (Å²) in [5.41, 5.74) is 1.27. The molecule has 2 rings (SSSR count). The fourth-order valence-corrected chi connectivity index (χ4v) is 2.24. The Morgan fingerprint density at radius 2 is 2.00 bits per heavy atom. The van der Waals surface area contributed by atoms with E-state index in [4.69, 9.17) is 5.26 Å². The van der Waals surface area contributed by atoms with Gasteiger partial charge in [0.1, 0.15) is 11.8 Å². The summed E-state index contributed by atoms with van der Waals surface area (Å²) in [4.78, 5) is 10.8. The topological polar surface area (TPSA) is 64.8 Å². The molecular formula is C12H17N5. The number of hydrogen-bond donors (Lipinski definition) is 1. The summed E-state index contributed by atoms with van der Waals surface area (Å²) in [6.45, 7) is 7.92. The Bertz CT molecular complexity index is 441. The van der Waals surface area contributed by atoms with Crippen LogP contribution in [0.15, 0.2) is 6.07 Å². The van der Waals surface area contributed by atoms with E-state index < -0.39 is 0 Å². The van der Waals surface area contributed by atoms with E-state index in [2.05, 4.69) is 40.1 Å². The van der Waals surface area contributed by atoms with Crippen LogP contribution in [0.1, 0.15) is 25.2 Å². The SMILES string of the molecule is Cc1cc(C#N)nc(N2CC(C)NC(C)C2)n1. The largest absolute Gasteiger partial charge is 0.338 e. The molecule has 0 aromatic carbocycles. The molecule has 0 radical (unpaired) electrons. The van der Waals surface area contributed by atoms with Crippen molar-refractivity contribution < 1.29 is 0 Å². The first-order valence-corrected chi connectivity index (χ1v) is 5.85. The maximum atomic E-state index is 8.92. The predicted molar refractivity (Wildman–Crippen MR) is 65.8 cm³/mol. The van der Waals surface area contributed by atoms with Gasteiger partial charge < -0.3 is 10.2 Å². The molecule has 5 heteroatoms. The Morgan fingerprint density at radius 1 is 1.35 bits per heavy atom. The minimum Gasteiger partial charge on any atom is -0.338 e. The predicted octanol–water partition coefficient (Wildman–Crippen LogP) is 0.843. The molecule has 1 aliphatic heterocycles. The monoisotopic (exact) mass is 231 g/mol. The second-order valence-corrected chi connectivity index (χ2v) is 4.68. The smallest absolute Gasteiger partial charge is 0.226 e. The van der Waals surface area contributed by atoms with Gasteiger partial charge >= 0.3 is 0 Å². The van der Waals surface area contributed by atoms with E-state index in [1.54, 1.807) is 6.07 Å². The van der Waals surface area contributed by atoms with Gasteiger partial charge in [-0.25, -0.2) is 9.97 Å². The molecule has 1 aromatic heterocycles. The molecule has 90 valence electrons. The van der Waals surface area contributed by atoms with Gasteiger partial charge in [0.05, 0.1) is 0 Å². The van der Waals surface area contributed by atoms with Crippen LogP contribution in [0.3, 0.4) is 0 Å². The van der Waals surface area contributed by atoms with E-state index in [0.717, 1.165) is 18.8 Å². The van der Waals surface area contributed by atoms with Crippen molar-refractivity contribution in [3.8, 4) is 6.07 Å². The normalized spacial score (nSPS) is 24.5. The molecule has 1 saturated heterocycles. The molecule has 2 unspecified atom stereocenters. The molecule has 17 heavy (non-hydrogen) atoms. The lowest BCUT2D eigenvalue weighted by atomic mass is 10.1. The van der Waals surface area contributed by atoms with Gasteiger partial charge in [0.25, 0.3) is 0 Å². The number of aromatic nitrogens is 2. The highest BCUT2D eigenvalue weighted by molar-refractivity contribution is 5.37. The van der Waals surface area contributed by atoms with Crippen molar-refractivity contribution in [3.63, 3.8) is 0 Å². The minimum absolute atomic E-state index is 0.411. The van der Waals surface area contributed by atoms with Crippen molar-refractivity contribution >= 4 is 5.95 Å². The van der Waals surface area contributed by atoms with Gasteiger partial charge in [-0.3, -0.25) is 0 Å². The van der Waals surface area contributed by atoms with Gasteiger partial charge in [0.2, 0.25) is 5.95 Å². The van der Waals surface area contributed by atoms with E-state index >= 15 is 0 Å². The third-order valence-corrected chi connectivity index (χ3v) is 2.80. The molecule has 0 bridgehead atoms. The summed E-state index contributed by atoms with van der Waals surface area (Å²) in [6.07, 6.45) is 0. The van der Waals surface area contributed by atoms with Gasteiger partial charge in [0, 0.05) is 30.9 Å². The standard InChI is InChI=1S/C12H17N5/c1-8-4-11(5-13)16-12(15-8)17-6-9(2)14-10(3)7-17/h4,9-10,14H,6-7H2,1-3H3. The lowest BCUT2D eigenvalue weighted by Crippen LogP contribution is -2.54. The van der Waals surface area contributed by atoms with E-state index in [-0.39, 0.29) is 0 Å². The molecule has 2 heterocycles. The summed E-state index contributed by atoms with van der Waals surface area (Å²) in [6, 6.07) is 4.60. The number of anilines is 1. The van der Waals surface area contributed by atoms with Crippen LogP contribution in [-0.2, 0) is 0 Å². The van der Waals surface area contributed by atoms with Crippen molar-refractivity contribution in [1.82, 2.24) is 15.3 Å². The van der Waals surface area contributed by atoms with Crippen molar-refractivity contribution in [3.05, 3.63) is 17.5 Å². The summed E-state index contributed by atoms with van der Waals surface area (Å²) >= 11 is 0. The highest BCUT2D eigenvalue weighted by Crippen LogP contribution is 2.14. The molecule has 0 saturated carbocycles. The second kappa shape index (κ2) is 4.68. The zero-order valence-corrected chi connectivity index (χ0v) is 10.4. The maximum absolute atomic E-state index is 8.92. The Balaban J connectivity index is 2.27. The number of piperazine rings is 1. The van der Waals surface area contributed by atoms with Gasteiger partial charge in [-0.15, -0.1) is 0 Å². The third kappa shape index (κ3) is 2.71. The fraction of sp³-hybridized carbons (Fsp3) is 0.583. The highest BCUT2D eigenvalue weighted by atomic mass is 15.3. The van der Waals surface area contributed by atoms with E-state index in [1.807, 2.05) is 6.92 Å². The first-order chi connectivity index (χ1) is 8.08. The molecule has 0 amide bonds. The Morgan fingerprint density at radius 3 is 2.59 bits per heavy atom. The van der Waals surface area contributed by atoms with Crippen LogP contribution < -0.4 is 10.2 Å². The van der Waals surface area contributed by atoms with Crippen LogP contribution in [0.5, 0.6) is 0 Å². The number of hydrogen-bond acceptors (Lipinski definition) is 5. The van der Waals surface area contributed by atoms with E-state index in [0.29, 0.717) is 23.7 Å². The number of nitriles is 1. The van der Waals surface area contributed by atoms with Crippen LogP contribution in [0.2, 0.25) is 0 Å². The lowest BCUT2D eigenvalue weighted by Gasteiger charge is -2.36. The van der Waals surface area contributed by atoms with Gasteiger partial charge in [-0.2, -0.15) is 5.26 Å². The number of rotatable bonds is 1. The second-order valence-electron chi connectivity index (χ2n) is 4.68. The molecular weight excluding hydrogens is 214 g/mol. The first kappa shape index (κ1) is 11.8. The van der Waals surface area contributed by atoms with Crippen molar-refractivity contribution in [2.75, 3.05) is 18.0 Å². The van der Waals surface area contributed by atoms with Gasteiger partial charge in [0.15, 0.2) is 0 Å². The molecule has 0 aliphatic carbocycles. The Hall–Kier alpha value is -1.67. The summed E-state index contributed by atoms with van der Waals surface area (Å²) in [5, 5.41) is 12.4. The van der Waals surface area contributed by atoms with Crippen molar-refractivity contribution in [2.45, 2.75) is 32.9 Å². The number of aryl methyl sites for hydroxylation is 1. The summed E-state index contributed by atoms with van der Waals surface area (Å²) in [7, 11) is 0. The zero-order chi connectivity index (χ0) is 12.4. The third-order valence-electron chi connectivity index (χ3n) is 2.80. The van der Waals surface area contributed by atoms with Crippen LogP contribution in [0.4, 0.5) is 5.95 Å². The Labute approximate surface area is 101 Å². The van der Waals surface area contributed by atoms with Crippen LogP contribution in [0, 0.1) is 18.3 Å². The van der Waals surface area contributed by atoms with Crippen molar-refractivity contribution in [1.29, 1.82) is 5.26 Å². The molecule has 1 fully saturated rings. The molecule has 2 atom stereocenters. The van der Waals surface area contributed by atoms with Crippen molar-refractivity contribution in [2.24, 2.45) is 0 Å². The zero-order valence-electron chi connectivity index (χ0n) is 10.4. The van der Waals surface area contributed by atoms with E-state index in [1.165, 1.54) is 0 Å². The average Bonchev–Trinajstić information content (AvgIpc) is 2.26. The fourth-order valence-electron chi connectivity index (χ4n) is 2.24. The van der Waals surface area contributed by atoms with Gasteiger partial charge in [-0.1, -0.05) is 0 Å². The van der Waals surface area contributed by atoms with Crippen LogP contribution in [0.25, 0.3) is 0 Å².